The minimum Gasteiger partial charge on any atom is -0.389 e. The molecular formula is C16H27N3O2. The van der Waals surface area contributed by atoms with Gasteiger partial charge in [-0.15, -0.1) is 0 Å². The average Bonchev–Trinajstić information content (AvgIpc) is 2.43. The molecule has 0 saturated heterocycles. The van der Waals surface area contributed by atoms with Crippen LogP contribution >= 0.6 is 0 Å². The molecule has 0 heterocycles. The molecule has 2 amide bonds. The number of hydrogen-bond donors (Lipinski definition) is 2. The Bertz CT molecular complexity index is 447. The molecule has 0 aliphatic carbocycles. The fourth-order valence-electron chi connectivity index (χ4n) is 1.98. The topological polar surface area (TPSA) is 55.8 Å². The van der Waals surface area contributed by atoms with Gasteiger partial charge in [0, 0.05) is 25.3 Å². The zero-order valence-corrected chi connectivity index (χ0v) is 13.5. The van der Waals surface area contributed by atoms with Crippen LogP contribution in [0.2, 0.25) is 0 Å². The van der Waals surface area contributed by atoms with Crippen LogP contribution in [0.1, 0.15) is 31.9 Å². The highest BCUT2D eigenvalue weighted by atomic mass is 16.3. The number of nitrogens with one attached hydrogen (secondary N) is 1. The van der Waals surface area contributed by atoms with E-state index in [9.17, 15) is 9.90 Å². The van der Waals surface area contributed by atoms with Crippen molar-refractivity contribution in [3.05, 3.63) is 29.8 Å². The van der Waals surface area contributed by atoms with Gasteiger partial charge in [0.2, 0.25) is 0 Å². The first-order chi connectivity index (χ1) is 9.93. The normalized spacial score (nSPS) is 12.3. The van der Waals surface area contributed by atoms with Crippen LogP contribution in [-0.4, -0.2) is 54.7 Å². The number of carbonyl (C=O) groups excluding carboxylic acids is 1. The van der Waals surface area contributed by atoms with Crippen molar-refractivity contribution in [3.63, 3.8) is 0 Å². The molecule has 1 unspecified atom stereocenters. The van der Waals surface area contributed by atoms with Crippen molar-refractivity contribution >= 4 is 11.7 Å². The number of rotatable bonds is 7. The third kappa shape index (κ3) is 6.14. The van der Waals surface area contributed by atoms with Gasteiger partial charge in [-0.3, -0.25) is 0 Å². The molecule has 0 radical (unpaired) electrons. The minimum absolute atomic E-state index is 0.0959. The third-order valence-corrected chi connectivity index (χ3v) is 3.22. The molecule has 2 N–H and O–H groups in total. The van der Waals surface area contributed by atoms with E-state index in [4.69, 9.17) is 0 Å². The minimum atomic E-state index is -0.540. The van der Waals surface area contributed by atoms with Crippen molar-refractivity contribution in [2.75, 3.05) is 39.0 Å². The first-order valence-electron chi connectivity index (χ1n) is 7.42. The Hall–Kier alpha value is -1.59. The molecule has 118 valence electrons. The van der Waals surface area contributed by atoms with Gasteiger partial charge >= 0.3 is 6.03 Å². The van der Waals surface area contributed by atoms with Crippen LogP contribution in [0.3, 0.4) is 0 Å². The van der Waals surface area contributed by atoms with Crippen LogP contribution in [0.25, 0.3) is 0 Å². The van der Waals surface area contributed by atoms with E-state index in [-0.39, 0.29) is 6.03 Å². The molecular weight excluding hydrogens is 266 g/mol. The zero-order chi connectivity index (χ0) is 15.8. The lowest BCUT2D eigenvalue weighted by Gasteiger charge is -2.24. The van der Waals surface area contributed by atoms with E-state index in [2.05, 4.69) is 17.1 Å². The van der Waals surface area contributed by atoms with Crippen molar-refractivity contribution in [1.29, 1.82) is 0 Å². The second-order valence-electron chi connectivity index (χ2n) is 5.52. The molecule has 0 spiro atoms. The monoisotopic (exact) mass is 293 g/mol. The van der Waals surface area contributed by atoms with E-state index in [1.165, 1.54) is 0 Å². The van der Waals surface area contributed by atoms with Gasteiger partial charge in [-0.05, 0) is 45.1 Å². The molecule has 1 aromatic rings. The zero-order valence-electron chi connectivity index (χ0n) is 13.5. The van der Waals surface area contributed by atoms with Gasteiger partial charge in [-0.1, -0.05) is 19.1 Å². The Labute approximate surface area is 127 Å². The fraction of sp³-hybridized carbons (Fsp3) is 0.562. The number of anilines is 1. The molecule has 0 aromatic heterocycles. The molecule has 5 nitrogen and oxygen atoms in total. The number of carbonyl (C=O) groups is 1. The SMILES string of the molecule is CCCN(CCN(C)C)C(=O)Nc1cccc(C(C)O)c1. The summed E-state index contributed by atoms with van der Waals surface area (Å²) in [6.07, 6.45) is 0.386. The maximum absolute atomic E-state index is 12.3. The van der Waals surface area contributed by atoms with Gasteiger partial charge < -0.3 is 20.2 Å². The number of hydrogen-bond acceptors (Lipinski definition) is 3. The van der Waals surface area contributed by atoms with Crippen LogP contribution in [0, 0.1) is 0 Å². The van der Waals surface area contributed by atoms with Gasteiger partial charge in [0.05, 0.1) is 6.10 Å². The number of aliphatic hydroxyl groups excluding tert-OH is 1. The molecule has 5 heteroatoms. The maximum Gasteiger partial charge on any atom is 0.321 e. The smallest absolute Gasteiger partial charge is 0.321 e. The van der Waals surface area contributed by atoms with Gasteiger partial charge in [-0.2, -0.15) is 0 Å². The van der Waals surface area contributed by atoms with Crippen LogP contribution in [0.4, 0.5) is 10.5 Å². The quantitative estimate of drug-likeness (QED) is 0.812. The molecule has 0 bridgehead atoms. The summed E-state index contributed by atoms with van der Waals surface area (Å²) in [5.74, 6) is 0. The summed E-state index contributed by atoms with van der Waals surface area (Å²) in [6, 6.07) is 7.22. The molecule has 1 aromatic carbocycles. The number of benzene rings is 1. The van der Waals surface area contributed by atoms with Crippen molar-refractivity contribution in [1.82, 2.24) is 9.80 Å². The van der Waals surface area contributed by atoms with Crippen molar-refractivity contribution < 1.29 is 9.90 Å². The lowest BCUT2D eigenvalue weighted by Crippen LogP contribution is -2.39. The Balaban J connectivity index is 2.69. The predicted molar refractivity (Wildman–Crippen MR) is 86.5 cm³/mol. The first-order valence-corrected chi connectivity index (χ1v) is 7.42. The Morgan fingerprint density at radius 2 is 2.00 bits per heavy atom. The van der Waals surface area contributed by atoms with Crippen LogP contribution in [-0.2, 0) is 0 Å². The highest BCUT2D eigenvalue weighted by Crippen LogP contribution is 2.17. The van der Waals surface area contributed by atoms with Crippen LogP contribution < -0.4 is 5.32 Å². The number of likely N-dealkylation sites (N-methyl/N-ethyl adjacent to an activating group) is 1. The standard InChI is InChI=1S/C16H27N3O2/c1-5-9-19(11-10-18(3)4)16(21)17-15-8-6-7-14(12-15)13(2)20/h6-8,12-13,20H,5,9-11H2,1-4H3,(H,17,21). The van der Waals surface area contributed by atoms with E-state index >= 15 is 0 Å². The summed E-state index contributed by atoms with van der Waals surface area (Å²) in [5, 5.41) is 12.5. The highest BCUT2D eigenvalue weighted by Gasteiger charge is 2.13. The predicted octanol–water partition coefficient (Wildman–Crippen LogP) is 2.55. The molecule has 1 atom stereocenters. The van der Waals surface area contributed by atoms with Crippen molar-refractivity contribution in [3.8, 4) is 0 Å². The van der Waals surface area contributed by atoms with E-state index in [1.54, 1.807) is 13.0 Å². The first kappa shape index (κ1) is 17.5. The lowest BCUT2D eigenvalue weighted by molar-refractivity contribution is 0.199. The van der Waals surface area contributed by atoms with E-state index in [0.29, 0.717) is 12.2 Å². The maximum atomic E-state index is 12.3. The summed E-state index contributed by atoms with van der Waals surface area (Å²) in [4.78, 5) is 16.2. The van der Waals surface area contributed by atoms with Crippen molar-refractivity contribution in [2.24, 2.45) is 0 Å². The molecule has 0 fully saturated rings. The lowest BCUT2D eigenvalue weighted by atomic mass is 10.1. The number of urea groups is 1. The summed E-state index contributed by atoms with van der Waals surface area (Å²) in [5.41, 5.74) is 1.51. The number of amides is 2. The van der Waals surface area contributed by atoms with Gasteiger partial charge in [0.25, 0.3) is 0 Å². The average molecular weight is 293 g/mol. The van der Waals surface area contributed by atoms with Gasteiger partial charge in [0.15, 0.2) is 0 Å². The largest absolute Gasteiger partial charge is 0.389 e. The molecule has 21 heavy (non-hydrogen) atoms. The summed E-state index contributed by atoms with van der Waals surface area (Å²) in [7, 11) is 3.99. The van der Waals surface area contributed by atoms with E-state index < -0.39 is 6.10 Å². The number of aliphatic hydroxyl groups is 1. The highest BCUT2D eigenvalue weighted by molar-refractivity contribution is 5.89. The second-order valence-corrected chi connectivity index (χ2v) is 5.52. The van der Waals surface area contributed by atoms with E-state index in [0.717, 1.165) is 25.1 Å². The Morgan fingerprint density at radius 1 is 1.29 bits per heavy atom. The molecule has 0 aliphatic rings. The summed E-state index contributed by atoms with van der Waals surface area (Å²) < 4.78 is 0. The Morgan fingerprint density at radius 3 is 2.57 bits per heavy atom. The summed E-state index contributed by atoms with van der Waals surface area (Å²) in [6.45, 7) is 6.03. The second kappa shape index (κ2) is 8.64. The Kier molecular flexibility index (Phi) is 7.19. The summed E-state index contributed by atoms with van der Waals surface area (Å²) >= 11 is 0. The molecule has 0 aliphatic heterocycles. The van der Waals surface area contributed by atoms with E-state index in [1.807, 2.05) is 37.2 Å². The molecule has 1 rings (SSSR count). The van der Waals surface area contributed by atoms with Crippen LogP contribution in [0.15, 0.2) is 24.3 Å². The van der Waals surface area contributed by atoms with Gasteiger partial charge in [-0.25, -0.2) is 4.79 Å². The van der Waals surface area contributed by atoms with Crippen LogP contribution in [0.5, 0.6) is 0 Å². The van der Waals surface area contributed by atoms with Gasteiger partial charge in [0.1, 0.15) is 0 Å². The third-order valence-electron chi connectivity index (χ3n) is 3.22. The fourth-order valence-corrected chi connectivity index (χ4v) is 1.98. The molecule has 0 saturated carbocycles. The number of nitrogens with zero attached hydrogens (tertiary/aromatic N) is 2. The van der Waals surface area contributed by atoms with Crippen molar-refractivity contribution in [2.45, 2.75) is 26.4 Å².